The summed E-state index contributed by atoms with van der Waals surface area (Å²) >= 11 is 12.2. The summed E-state index contributed by atoms with van der Waals surface area (Å²) in [5.74, 6) is 0.609. The predicted octanol–water partition coefficient (Wildman–Crippen LogP) is 3.78. The summed E-state index contributed by atoms with van der Waals surface area (Å²) in [4.78, 5) is 0. The van der Waals surface area contributed by atoms with E-state index < -0.39 is 0 Å². The van der Waals surface area contributed by atoms with E-state index in [4.69, 9.17) is 23.2 Å². The molecule has 1 fully saturated rings. The Kier molecular flexibility index (Phi) is 3.52. The van der Waals surface area contributed by atoms with Gasteiger partial charge in [0, 0.05) is 23.0 Å². The van der Waals surface area contributed by atoms with Crippen molar-refractivity contribution in [3.63, 3.8) is 0 Å². The molecule has 1 aliphatic carbocycles. The molecule has 2 aromatic rings. The fourth-order valence-electron chi connectivity index (χ4n) is 2.36. The van der Waals surface area contributed by atoms with E-state index >= 15 is 0 Å². The molecule has 3 rings (SSSR count). The normalized spacial score (nSPS) is 14.9. The summed E-state index contributed by atoms with van der Waals surface area (Å²) in [6.07, 6.45) is 4.39. The van der Waals surface area contributed by atoms with Crippen LogP contribution in [0.2, 0.25) is 10.0 Å². The van der Waals surface area contributed by atoms with Gasteiger partial charge in [-0.05, 0) is 38.1 Å². The molecule has 0 spiro atoms. The van der Waals surface area contributed by atoms with Gasteiger partial charge in [-0.2, -0.15) is 5.10 Å². The molecular weight excluding hydrogens is 281 g/mol. The SMILES string of the molecule is CNCc1cnn(-c2ccc(Cl)cc2Cl)c1C1CC1. The Morgan fingerprint density at radius 3 is 2.79 bits per heavy atom. The van der Waals surface area contributed by atoms with Gasteiger partial charge in [0.1, 0.15) is 0 Å². The predicted molar refractivity (Wildman–Crippen MR) is 78.3 cm³/mol. The average molecular weight is 296 g/mol. The lowest BCUT2D eigenvalue weighted by Gasteiger charge is -2.10. The van der Waals surface area contributed by atoms with E-state index in [9.17, 15) is 0 Å². The molecule has 1 aromatic carbocycles. The van der Waals surface area contributed by atoms with E-state index in [0.717, 1.165) is 12.2 Å². The van der Waals surface area contributed by atoms with Crippen molar-refractivity contribution in [3.05, 3.63) is 45.7 Å². The maximum atomic E-state index is 6.29. The summed E-state index contributed by atoms with van der Waals surface area (Å²) in [5.41, 5.74) is 3.42. The highest BCUT2D eigenvalue weighted by Gasteiger charge is 2.30. The van der Waals surface area contributed by atoms with Crippen molar-refractivity contribution in [2.75, 3.05) is 7.05 Å². The van der Waals surface area contributed by atoms with Crippen LogP contribution < -0.4 is 5.32 Å². The van der Waals surface area contributed by atoms with Crippen LogP contribution in [-0.4, -0.2) is 16.8 Å². The molecule has 5 heteroatoms. The summed E-state index contributed by atoms with van der Waals surface area (Å²) in [6, 6.07) is 5.53. The van der Waals surface area contributed by atoms with Gasteiger partial charge in [-0.25, -0.2) is 4.68 Å². The highest BCUT2D eigenvalue weighted by atomic mass is 35.5. The Morgan fingerprint density at radius 2 is 2.16 bits per heavy atom. The highest BCUT2D eigenvalue weighted by Crippen LogP contribution is 2.43. The van der Waals surface area contributed by atoms with Gasteiger partial charge in [-0.15, -0.1) is 0 Å². The van der Waals surface area contributed by atoms with Crippen LogP contribution in [0.5, 0.6) is 0 Å². The molecule has 1 aliphatic rings. The molecule has 100 valence electrons. The van der Waals surface area contributed by atoms with Crippen LogP contribution in [0.25, 0.3) is 5.69 Å². The second kappa shape index (κ2) is 5.16. The number of nitrogens with zero attached hydrogens (tertiary/aromatic N) is 2. The van der Waals surface area contributed by atoms with Crippen LogP contribution in [0.3, 0.4) is 0 Å². The number of aromatic nitrogens is 2. The van der Waals surface area contributed by atoms with Gasteiger partial charge in [0.05, 0.1) is 22.6 Å². The van der Waals surface area contributed by atoms with E-state index in [1.807, 2.05) is 30.1 Å². The molecule has 0 radical (unpaired) electrons. The summed E-state index contributed by atoms with van der Waals surface area (Å²) in [6.45, 7) is 0.830. The number of benzene rings is 1. The third-order valence-corrected chi connectivity index (χ3v) is 3.89. The Bertz CT molecular complexity index is 603. The number of nitrogens with one attached hydrogen (secondary N) is 1. The minimum absolute atomic E-state index is 0.609. The zero-order valence-corrected chi connectivity index (χ0v) is 12.2. The first kappa shape index (κ1) is 13.0. The lowest BCUT2D eigenvalue weighted by atomic mass is 10.1. The topological polar surface area (TPSA) is 29.9 Å². The molecule has 1 heterocycles. The van der Waals surface area contributed by atoms with Gasteiger partial charge in [-0.1, -0.05) is 23.2 Å². The van der Waals surface area contributed by atoms with Crippen LogP contribution in [0.1, 0.15) is 30.0 Å². The van der Waals surface area contributed by atoms with Gasteiger partial charge in [0.2, 0.25) is 0 Å². The van der Waals surface area contributed by atoms with E-state index in [1.54, 1.807) is 6.07 Å². The van der Waals surface area contributed by atoms with Crippen molar-refractivity contribution in [3.8, 4) is 5.69 Å². The smallest absolute Gasteiger partial charge is 0.0836 e. The number of hydrogen-bond acceptors (Lipinski definition) is 2. The quantitative estimate of drug-likeness (QED) is 0.930. The molecule has 0 amide bonds. The molecule has 0 saturated heterocycles. The van der Waals surface area contributed by atoms with Gasteiger partial charge in [-0.3, -0.25) is 0 Å². The molecule has 0 bridgehead atoms. The Balaban J connectivity index is 2.09. The summed E-state index contributed by atoms with van der Waals surface area (Å²) in [7, 11) is 1.95. The van der Waals surface area contributed by atoms with Crippen molar-refractivity contribution in [1.82, 2.24) is 15.1 Å². The Morgan fingerprint density at radius 1 is 1.37 bits per heavy atom. The molecular formula is C14H15Cl2N3. The maximum absolute atomic E-state index is 6.29. The minimum atomic E-state index is 0.609. The van der Waals surface area contributed by atoms with E-state index in [1.165, 1.54) is 24.1 Å². The van der Waals surface area contributed by atoms with Gasteiger partial charge in [0.25, 0.3) is 0 Å². The van der Waals surface area contributed by atoms with Crippen LogP contribution in [0.4, 0.5) is 0 Å². The lowest BCUT2D eigenvalue weighted by Crippen LogP contribution is -2.08. The first-order chi connectivity index (χ1) is 9.20. The first-order valence-electron chi connectivity index (χ1n) is 6.37. The largest absolute Gasteiger partial charge is 0.316 e. The Hall–Kier alpha value is -1.03. The monoisotopic (exact) mass is 295 g/mol. The highest BCUT2D eigenvalue weighted by molar-refractivity contribution is 6.35. The fourth-order valence-corrected chi connectivity index (χ4v) is 2.84. The standard InChI is InChI=1S/C14H15Cl2N3/c1-17-7-10-8-18-19(14(10)9-2-3-9)13-5-4-11(15)6-12(13)16/h4-6,8-9,17H,2-3,7H2,1H3. The molecule has 0 aliphatic heterocycles. The molecule has 19 heavy (non-hydrogen) atoms. The second-order valence-corrected chi connectivity index (χ2v) is 5.71. The molecule has 1 saturated carbocycles. The molecule has 0 atom stereocenters. The van der Waals surface area contributed by atoms with E-state index in [2.05, 4.69) is 10.4 Å². The van der Waals surface area contributed by atoms with Crippen molar-refractivity contribution < 1.29 is 0 Å². The number of halogens is 2. The molecule has 1 aromatic heterocycles. The second-order valence-electron chi connectivity index (χ2n) is 4.87. The van der Waals surface area contributed by atoms with E-state index in [-0.39, 0.29) is 0 Å². The maximum Gasteiger partial charge on any atom is 0.0836 e. The number of rotatable bonds is 4. The zero-order chi connectivity index (χ0) is 13.4. The van der Waals surface area contributed by atoms with Crippen LogP contribution in [0, 0.1) is 0 Å². The van der Waals surface area contributed by atoms with Gasteiger partial charge >= 0.3 is 0 Å². The van der Waals surface area contributed by atoms with Crippen molar-refractivity contribution in [2.45, 2.75) is 25.3 Å². The van der Waals surface area contributed by atoms with Crippen LogP contribution >= 0.6 is 23.2 Å². The fraction of sp³-hybridized carbons (Fsp3) is 0.357. The third-order valence-electron chi connectivity index (χ3n) is 3.36. The van der Waals surface area contributed by atoms with Crippen molar-refractivity contribution in [1.29, 1.82) is 0 Å². The number of hydrogen-bond donors (Lipinski definition) is 1. The van der Waals surface area contributed by atoms with Crippen LogP contribution in [-0.2, 0) is 6.54 Å². The zero-order valence-electron chi connectivity index (χ0n) is 10.7. The van der Waals surface area contributed by atoms with E-state index in [0.29, 0.717) is 16.0 Å². The van der Waals surface area contributed by atoms with Gasteiger partial charge in [0.15, 0.2) is 0 Å². The summed E-state index contributed by atoms with van der Waals surface area (Å²) in [5, 5.41) is 8.97. The van der Waals surface area contributed by atoms with Gasteiger partial charge < -0.3 is 5.32 Å². The van der Waals surface area contributed by atoms with Crippen molar-refractivity contribution >= 4 is 23.2 Å². The molecule has 3 nitrogen and oxygen atoms in total. The molecule has 1 N–H and O–H groups in total. The molecule has 0 unspecified atom stereocenters. The average Bonchev–Trinajstić information content (AvgIpc) is 3.12. The summed E-state index contributed by atoms with van der Waals surface area (Å²) < 4.78 is 1.96. The minimum Gasteiger partial charge on any atom is -0.316 e. The van der Waals surface area contributed by atoms with Crippen LogP contribution in [0.15, 0.2) is 24.4 Å². The first-order valence-corrected chi connectivity index (χ1v) is 7.13. The Labute approximate surface area is 122 Å². The lowest BCUT2D eigenvalue weighted by molar-refractivity contribution is 0.775. The third kappa shape index (κ3) is 2.50. The van der Waals surface area contributed by atoms with Crippen molar-refractivity contribution in [2.24, 2.45) is 0 Å².